The highest BCUT2D eigenvalue weighted by Crippen LogP contribution is 2.33. The van der Waals surface area contributed by atoms with Crippen molar-refractivity contribution in [2.24, 2.45) is 7.05 Å². The molecular weight excluding hydrogens is 740 g/mol. The molecule has 16 nitrogen and oxygen atoms in total. The van der Waals surface area contributed by atoms with Gasteiger partial charge >= 0.3 is 5.69 Å². The topological polar surface area (TPSA) is 185 Å². The molecule has 3 fully saturated rings. The van der Waals surface area contributed by atoms with Crippen molar-refractivity contribution in [3.63, 3.8) is 0 Å². The number of para-hydroxylation sites is 1. The first kappa shape index (κ1) is 37.4. The van der Waals surface area contributed by atoms with Crippen LogP contribution in [0.5, 0.6) is 0 Å². The zero-order chi connectivity index (χ0) is 39.8. The van der Waals surface area contributed by atoms with E-state index in [1.807, 2.05) is 4.90 Å². The van der Waals surface area contributed by atoms with Gasteiger partial charge in [0.05, 0.1) is 39.7 Å². The molecule has 18 heteroatoms. The van der Waals surface area contributed by atoms with Gasteiger partial charge in [0.15, 0.2) is 5.69 Å². The Morgan fingerprint density at radius 3 is 2.54 bits per heavy atom. The van der Waals surface area contributed by atoms with Gasteiger partial charge in [-0.2, -0.15) is 10.2 Å². The van der Waals surface area contributed by atoms with Crippen molar-refractivity contribution in [3.8, 4) is 23.2 Å². The quantitative estimate of drug-likeness (QED) is 0.149. The Balaban J connectivity index is 0.824. The summed E-state index contributed by atoms with van der Waals surface area (Å²) in [7, 11) is 1.62. The predicted octanol–water partition coefficient (Wildman–Crippen LogP) is 3.17. The molecule has 1 atom stereocenters. The Morgan fingerprint density at radius 2 is 1.81 bits per heavy atom. The zero-order valence-corrected chi connectivity index (χ0v) is 31.0. The number of hydrogen-bond donors (Lipinski definition) is 3. The Labute approximate surface area is 324 Å². The second-order valence-corrected chi connectivity index (χ2v) is 14.4. The number of nitrogens with one attached hydrogen (secondary N) is 3. The number of halogens is 2. The first-order valence-electron chi connectivity index (χ1n) is 18.8. The lowest BCUT2D eigenvalue weighted by Gasteiger charge is -2.47. The number of imide groups is 1. The van der Waals surface area contributed by atoms with Gasteiger partial charge in [-0.1, -0.05) is 24.0 Å². The number of rotatable bonds is 9. The number of fused-ring (bicyclic) bond motifs is 1. The molecule has 1 unspecified atom stereocenters. The van der Waals surface area contributed by atoms with Gasteiger partial charge in [-0.05, 0) is 49.6 Å². The number of carbonyl (C=O) groups excluding carboxylic acids is 4. The highest BCUT2D eigenvalue weighted by atomic mass is 19.3. The minimum Gasteiger partial charge on any atom is -0.343 e. The zero-order valence-electron chi connectivity index (χ0n) is 31.0. The maximum absolute atomic E-state index is 14.0. The van der Waals surface area contributed by atoms with Crippen molar-refractivity contribution in [2.75, 3.05) is 31.5 Å². The molecule has 4 aromatic heterocycles. The molecule has 3 aliphatic rings. The maximum atomic E-state index is 14.0. The number of aryl methyl sites for hydroxylation is 1. The molecule has 4 amide bonds. The van der Waals surface area contributed by atoms with Crippen LogP contribution in [0.2, 0.25) is 0 Å². The smallest absolute Gasteiger partial charge is 0.329 e. The third-order valence-electron chi connectivity index (χ3n) is 10.9. The molecule has 294 valence electrons. The van der Waals surface area contributed by atoms with E-state index in [1.165, 1.54) is 26.1 Å². The molecule has 3 saturated heterocycles. The molecule has 3 N–H and O–H groups in total. The van der Waals surface area contributed by atoms with Crippen LogP contribution in [0.25, 0.3) is 22.4 Å². The van der Waals surface area contributed by atoms with Gasteiger partial charge in [0.2, 0.25) is 17.7 Å². The molecule has 57 heavy (non-hydrogen) atoms. The van der Waals surface area contributed by atoms with Gasteiger partial charge in [-0.3, -0.25) is 48.3 Å². The second-order valence-electron chi connectivity index (χ2n) is 14.4. The number of nitrogens with zero attached hydrogens (tertiary/aromatic N) is 8. The number of hydrogen-bond acceptors (Lipinski definition) is 9. The third kappa shape index (κ3) is 7.45. The number of H-pyrrole nitrogens is 1. The van der Waals surface area contributed by atoms with Crippen LogP contribution in [0.4, 0.5) is 14.5 Å². The SMILES string of the molecule is Cn1c(=O)n(C2CCC(=O)NC2=O)c2cccc(C#CCCC(=O)N3CCC(N4CC(n5cc(NC(=O)c6cccc(-c7ccn[nH]7)n6)c(C(F)F)n5)C4)CC3)c21. The van der Waals surface area contributed by atoms with Crippen molar-refractivity contribution in [1.29, 1.82) is 0 Å². The monoisotopic (exact) mass is 779 g/mol. The van der Waals surface area contributed by atoms with E-state index in [9.17, 15) is 32.8 Å². The van der Waals surface area contributed by atoms with E-state index in [0.717, 1.165) is 12.8 Å². The summed E-state index contributed by atoms with van der Waals surface area (Å²) in [5, 5.41) is 15.7. The number of alkyl halides is 2. The van der Waals surface area contributed by atoms with Crippen LogP contribution in [-0.2, 0) is 21.4 Å². The Morgan fingerprint density at radius 1 is 1.02 bits per heavy atom. The molecule has 0 bridgehead atoms. The lowest BCUT2D eigenvalue weighted by atomic mass is 9.97. The number of amides is 4. The molecule has 0 saturated carbocycles. The van der Waals surface area contributed by atoms with Gasteiger partial charge in [-0.25, -0.2) is 18.6 Å². The number of benzene rings is 1. The third-order valence-corrected chi connectivity index (χ3v) is 10.9. The molecule has 1 aromatic carbocycles. The lowest BCUT2D eigenvalue weighted by molar-refractivity contribution is -0.136. The van der Waals surface area contributed by atoms with E-state index in [1.54, 1.807) is 49.6 Å². The van der Waals surface area contributed by atoms with Gasteiger partial charge < -0.3 is 10.2 Å². The minimum absolute atomic E-state index is 0.00716. The fourth-order valence-corrected chi connectivity index (χ4v) is 7.83. The fraction of sp³-hybridized carbons (Fsp3) is 0.385. The highest BCUT2D eigenvalue weighted by Gasteiger charge is 2.37. The predicted molar refractivity (Wildman–Crippen MR) is 202 cm³/mol. The number of pyridine rings is 1. The van der Waals surface area contributed by atoms with E-state index in [2.05, 4.69) is 47.7 Å². The summed E-state index contributed by atoms with van der Waals surface area (Å²) < 4.78 is 32.4. The standard InChI is InChI=1S/C39H39F2N11O5/c1-48-35-23(7-4-10-30(35)52(39(48)57)31-12-13-32(53)45-38(31)56)6-2-3-11-33(54)49-18-15-24(16-19-49)50-20-25(21-50)51-22-29(34(47-51)36(40)41)44-37(55)28-9-5-8-26(43-28)27-14-17-42-46-27/h4-5,7-10,14,17,22,24-25,31,36H,3,11-13,15-16,18-21H2,1H3,(H,42,46)(H,44,55)(H,45,53,56). The number of piperidine rings is 2. The molecule has 3 aliphatic heterocycles. The van der Waals surface area contributed by atoms with E-state index in [-0.39, 0.29) is 60.2 Å². The number of carbonyl (C=O) groups is 4. The van der Waals surface area contributed by atoms with Crippen LogP contribution in [0, 0.1) is 11.8 Å². The van der Waals surface area contributed by atoms with E-state index >= 15 is 0 Å². The number of likely N-dealkylation sites (tertiary alicyclic amines) is 2. The summed E-state index contributed by atoms with van der Waals surface area (Å²) in [4.78, 5) is 72.0. The molecule has 5 aromatic rings. The van der Waals surface area contributed by atoms with Crippen molar-refractivity contribution in [2.45, 2.75) is 63.1 Å². The second kappa shape index (κ2) is 15.6. The number of anilines is 1. The van der Waals surface area contributed by atoms with Crippen molar-refractivity contribution >= 4 is 40.3 Å². The molecule has 7 heterocycles. The van der Waals surface area contributed by atoms with Crippen molar-refractivity contribution < 1.29 is 28.0 Å². The van der Waals surface area contributed by atoms with Gasteiger partial charge in [-0.15, -0.1) is 0 Å². The fourth-order valence-electron chi connectivity index (χ4n) is 7.83. The largest absolute Gasteiger partial charge is 0.343 e. The normalized spacial score (nSPS) is 18.0. The van der Waals surface area contributed by atoms with Crippen LogP contribution in [-0.4, -0.2) is 99.7 Å². The minimum atomic E-state index is -2.89. The van der Waals surface area contributed by atoms with Crippen LogP contribution in [0.3, 0.4) is 0 Å². The molecule has 0 spiro atoms. The number of imidazole rings is 1. The summed E-state index contributed by atoms with van der Waals surface area (Å²) in [5.41, 5.74) is 1.96. The van der Waals surface area contributed by atoms with Crippen molar-refractivity contribution in [1.82, 2.24) is 49.2 Å². The van der Waals surface area contributed by atoms with E-state index in [4.69, 9.17) is 0 Å². The summed E-state index contributed by atoms with van der Waals surface area (Å²) in [6, 6.07) is 11.2. The van der Waals surface area contributed by atoms with Crippen LogP contribution in [0.15, 0.2) is 59.7 Å². The summed E-state index contributed by atoms with van der Waals surface area (Å²) in [5.74, 6) is 4.70. The highest BCUT2D eigenvalue weighted by molar-refractivity contribution is 6.03. The van der Waals surface area contributed by atoms with Gasteiger partial charge in [0, 0.05) is 70.9 Å². The first-order chi connectivity index (χ1) is 27.5. The molecule has 0 radical (unpaired) electrons. The average molecular weight is 780 g/mol. The van der Waals surface area contributed by atoms with Crippen LogP contribution >= 0.6 is 0 Å². The van der Waals surface area contributed by atoms with E-state index < -0.39 is 30.0 Å². The number of aromatic amines is 1. The Kier molecular flexibility index (Phi) is 10.2. The molecule has 8 rings (SSSR count). The number of aromatic nitrogens is 7. The van der Waals surface area contributed by atoms with Gasteiger partial charge in [0.1, 0.15) is 11.7 Å². The summed E-state index contributed by atoms with van der Waals surface area (Å²) in [6.07, 6.45) is 2.62. The van der Waals surface area contributed by atoms with E-state index in [0.29, 0.717) is 60.6 Å². The van der Waals surface area contributed by atoms with Crippen LogP contribution < -0.4 is 16.3 Å². The lowest BCUT2D eigenvalue weighted by Crippen LogP contribution is -2.56. The maximum Gasteiger partial charge on any atom is 0.329 e. The summed E-state index contributed by atoms with van der Waals surface area (Å²) >= 11 is 0. The van der Waals surface area contributed by atoms with Crippen molar-refractivity contribution in [3.05, 3.63) is 82.3 Å². The first-order valence-corrected chi connectivity index (χ1v) is 18.8. The Bertz CT molecular complexity index is 2480. The summed E-state index contributed by atoms with van der Waals surface area (Å²) in [6.45, 7) is 2.40. The van der Waals surface area contributed by atoms with Crippen LogP contribution in [0.1, 0.15) is 78.8 Å². The average Bonchev–Trinajstić information content (AvgIpc) is 3.93. The molecule has 0 aliphatic carbocycles. The Hall–Kier alpha value is -6.48. The molecular formula is C39H39F2N11O5. The van der Waals surface area contributed by atoms with Gasteiger partial charge in [0.25, 0.3) is 12.3 Å².